The van der Waals surface area contributed by atoms with Crippen LogP contribution in [0.2, 0.25) is 0 Å². The summed E-state index contributed by atoms with van der Waals surface area (Å²) < 4.78 is 0. The van der Waals surface area contributed by atoms with Gasteiger partial charge >= 0.3 is 0 Å². The third kappa shape index (κ3) is 2.79. The highest BCUT2D eigenvalue weighted by molar-refractivity contribution is 5.65. The Balaban J connectivity index is 1.84. The maximum atomic E-state index is 5.70. The summed E-state index contributed by atoms with van der Waals surface area (Å²) in [6.07, 6.45) is 4.01. The van der Waals surface area contributed by atoms with Gasteiger partial charge in [-0.3, -0.25) is 10.00 Å². The minimum atomic E-state index is 0.544. The summed E-state index contributed by atoms with van der Waals surface area (Å²) in [6, 6.07) is 10.4. The first-order valence-corrected chi connectivity index (χ1v) is 6.94. The molecule has 0 spiro atoms. The van der Waals surface area contributed by atoms with E-state index in [0.717, 1.165) is 12.2 Å². The number of aromatic nitrogens is 2. The Morgan fingerprint density at radius 1 is 1.16 bits per heavy atom. The average Bonchev–Trinajstić information content (AvgIpc) is 2.87. The smallest absolute Gasteiger partial charge is 0.145 e. The molecule has 2 heterocycles. The molecule has 4 nitrogen and oxygen atoms in total. The van der Waals surface area contributed by atoms with Crippen molar-refractivity contribution in [3.05, 3.63) is 35.9 Å². The van der Waals surface area contributed by atoms with Gasteiger partial charge in [-0.05, 0) is 31.5 Å². The van der Waals surface area contributed by atoms with Gasteiger partial charge < -0.3 is 5.73 Å². The highest BCUT2D eigenvalue weighted by atomic mass is 15.2. The monoisotopic (exact) mass is 256 g/mol. The molecule has 1 fully saturated rings. The largest absolute Gasteiger partial charge is 0.382 e. The van der Waals surface area contributed by atoms with E-state index in [4.69, 9.17) is 5.73 Å². The van der Waals surface area contributed by atoms with Crippen LogP contribution < -0.4 is 5.73 Å². The lowest BCUT2D eigenvalue weighted by atomic mass is 10.0. The van der Waals surface area contributed by atoms with E-state index in [1.807, 2.05) is 6.07 Å². The van der Waals surface area contributed by atoms with Crippen LogP contribution in [-0.2, 0) is 6.54 Å². The van der Waals surface area contributed by atoms with Crippen LogP contribution in [0.15, 0.2) is 30.3 Å². The zero-order valence-corrected chi connectivity index (χ0v) is 11.1. The molecule has 19 heavy (non-hydrogen) atoms. The third-order valence-electron chi connectivity index (χ3n) is 3.75. The molecule has 3 N–H and O–H groups in total. The van der Waals surface area contributed by atoms with E-state index in [9.17, 15) is 0 Å². The number of piperidine rings is 1. The molecule has 2 aromatic rings. The Labute approximate surface area is 113 Å². The van der Waals surface area contributed by atoms with Crippen molar-refractivity contribution in [2.24, 2.45) is 0 Å². The van der Waals surface area contributed by atoms with Gasteiger partial charge in [-0.2, -0.15) is 5.10 Å². The SMILES string of the molecule is Nc1cc(-c2ccccc2CN2CCCCC2)[nH]n1. The second kappa shape index (κ2) is 5.45. The fourth-order valence-electron chi connectivity index (χ4n) is 2.75. The molecule has 0 atom stereocenters. The summed E-state index contributed by atoms with van der Waals surface area (Å²) in [6.45, 7) is 3.42. The summed E-state index contributed by atoms with van der Waals surface area (Å²) in [5, 5.41) is 7.03. The predicted octanol–water partition coefficient (Wildman–Crippen LogP) is 2.64. The second-order valence-corrected chi connectivity index (χ2v) is 5.20. The number of nitrogens with one attached hydrogen (secondary N) is 1. The summed E-state index contributed by atoms with van der Waals surface area (Å²) in [4.78, 5) is 2.53. The molecule has 0 bridgehead atoms. The number of nitrogens with zero attached hydrogens (tertiary/aromatic N) is 2. The lowest BCUT2D eigenvalue weighted by molar-refractivity contribution is 0.221. The Morgan fingerprint density at radius 2 is 1.95 bits per heavy atom. The molecule has 0 amide bonds. The van der Waals surface area contributed by atoms with E-state index >= 15 is 0 Å². The quantitative estimate of drug-likeness (QED) is 0.887. The van der Waals surface area contributed by atoms with Crippen molar-refractivity contribution < 1.29 is 0 Å². The van der Waals surface area contributed by atoms with Crippen LogP contribution in [-0.4, -0.2) is 28.2 Å². The molecular formula is C15H20N4. The number of aromatic amines is 1. The number of nitrogen functional groups attached to an aromatic ring is 1. The van der Waals surface area contributed by atoms with E-state index in [2.05, 4.69) is 39.4 Å². The highest BCUT2D eigenvalue weighted by Gasteiger charge is 2.13. The molecule has 3 rings (SSSR count). The maximum Gasteiger partial charge on any atom is 0.145 e. The van der Waals surface area contributed by atoms with Gasteiger partial charge in [0.1, 0.15) is 5.82 Å². The summed E-state index contributed by atoms with van der Waals surface area (Å²) in [7, 11) is 0. The zero-order valence-electron chi connectivity index (χ0n) is 11.1. The van der Waals surface area contributed by atoms with Gasteiger partial charge in [0, 0.05) is 18.2 Å². The lowest BCUT2D eigenvalue weighted by Gasteiger charge is -2.27. The lowest BCUT2D eigenvalue weighted by Crippen LogP contribution is -2.29. The van der Waals surface area contributed by atoms with Gasteiger partial charge in [-0.25, -0.2) is 0 Å². The molecule has 0 saturated carbocycles. The number of hydrogen-bond donors (Lipinski definition) is 2. The van der Waals surface area contributed by atoms with Gasteiger partial charge in [-0.15, -0.1) is 0 Å². The summed E-state index contributed by atoms with van der Waals surface area (Å²) in [5.41, 5.74) is 9.25. The molecule has 4 heteroatoms. The van der Waals surface area contributed by atoms with E-state index in [0.29, 0.717) is 5.82 Å². The van der Waals surface area contributed by atoms with Crippen LogP contribution in [0.5, 0.6) is 0 Å². The van der Waals surface area contributed by atoms with Gasteiger partial charge in [-0.1, -0.05) is 30.7 Å². The summed E-state index contributed by atoms with van der Waals surface area (Å²) in [5.74, 6) is 0.544. The standard InChI is InChI=1S/C15H20N4/c16-15-10-14(17-18-15)13-7-3-2-6-12(13)11-19-8-4-1-5-9-19/h2-3,6-7,10H,1,4-5,8-9,11H2,(H3,16,17,18). The minimum absolute atomic E-state index is 0.544. The zero-order chi connectivity index (χ0) is 13.1. The van der Waals surface area contributed by atoms with Crippen LogP contribution in [0.3, 0.4) is 0 Å². The predicted molar refractivity (Wildman–Crippen MR) is 77.6 cm³/mol. The number of benzene rings is 1. The topological polar surface area (TPSA) is 57.9 Å². The Hall–Kier alpha value is -1.81. The van der Waals surface area contributed by atoms with E-state index in [-0.39, 0.29) is 0 Å². The number of H-pyrrole nitrogens is 1. The maximum absolute atomic E-state index is 5.70. The molecule has 1 aromatic heterocycles. The molecule has 1 aliphatic heterocycles. The fraction of sp³-hybridized carbons (Fsp3) is 0.400. The van der Waals surface area contributed by atoms with Crippen molar-refractivity contribution in [2.45, 2.75) is 25.8 Å². The summed E-state index contributed by atoms with van der Waals surface area (Å²) >= 11 is 0. The third-order valence-corrected chi connectivity index (χ3v) is 3.75. The highest BCUT2D eigenvalue weighted by Crippen LogP contribution is 2.25. The fourth-order valence-corrected chi connectivity index (χ4v) is 2.75. The van der Waals surface area contributed by atoms with E-state index in [1.165, 1.54) is 43.5 Å². The van der Waals surface area contributed by atoms with Crippen molar-refractivity contribution in [3.8, 4) is 11.3 Å². The minimum Gasteiger partial charge on any atom is -0.382 e. The average molecular weight is 256 g/mol. The van der Waals surface area contributed by atoms with E-state index in [1.54, 1.807) is 0 Å². The first-order valence-electron chi connectivity index (χ1n) is 6.94. The number of hydrogen-bond acceptors (Lipinski definition) is 3. The van der Waals surface area contributed by atoms with Crippen molar-refractivity contribution >= 4 is 5.82 Å². The molecule has 0 unspecified atom stereocenters. The van der Waals surface area contributed by atoms with Gasteiger partial charge in [0.2, 0.25) is 0 Å². The number of nitrogens with two attached hydrogens (primary N) is 1. The first-order chi connectivity index (χ1) is 9.33. The number of likely N-dealkylation sites (tertiary alicyclic amines) is 1. The molecule has 1 aromatic carbocycles. The molecular weight excluding hydrogens is 236 g/mol. The molecule has 0 radical (unpaired) electrons. The second-order valence-electron chi connectivity index (χ2n) is 5.20. The Morgan fingerprint density at radius 3 is 2.68 bits per heavy atom. The van der Waals surface area contributed by atoms with E-state index < -0.39 is 0 Å². The molecule has 0 aliphatic carbocycles. The normalized spacial score (nSPS) is 16.6. The van der Waals surface area contributed by atoms with Gasteiger partial charge in [0.25, 0.3) is 0 Å². The van der Waals surface area contributed by atoms with Crippen LogP contribution in [0.25, 0.3) is 11.3 Å². The molecule has 100 valence electrons. The number of rotatable bonds is 3. The molecule has 1 aliphatic rings. The molecule has 1 saturated heterocycles. The van der Waals surface area contributed by atoms with Gasteiger partial charge in [0.05, 0.1) is 5.69 Å². The van der Waals surface area contributed by atoms with Crippen molar-refractivity contribution in [3.63, 3.8) is 0 Å². The number of anilines is 1. The van der Waals surface area contributed by atoms with Gasteiger partial charge in [0.15, 0.2) is 0 Å². The van der Waals surface area contributed by atoms with Crippen LogP contribution >= 0.6 is 0 Å². The Bertz CT molecular complexity index is 541. The van der Waals surface area contributed by atoms with Crippen molar-refractivity contribution in [1.29, 1.82) is 0 Å². The van der Waals surface area contributed by atoms with Crippen molar-refractivity contribution in [2.75, 3.05) is 18.8 Å². The van der Waals surface area contributed by atoms with Crippen LogP contribution in [0, 0.1) is 0 Å². The van der Waals surface area contributed by atoms with Crippen LogP contribution in [0.1, 0.15) is 24.8 Å². The van der Waals surface area contributed by atoms with Crippen LogP contribution in [0.4, 0.5) is 5.82 Å². The van der Waals surface area contributed by atoms with Crippen molar-refractivity contribution in [1.82, 2.24) is 15.1 Å². The first kappa shape index (κ1) is 12.2. The Kier molecular flexibility index (Phi) is 3.51.